The number of benzene rings is 2. The number of likely N-dealkylation sites (N-methyl/N-ethyl adjacent to an activating group) is 1. The number of nitrogens with zero attached hydrogens (tertiary/aromatic N) is 2. The molecule has 174 valence electrons. The second-order valence-electron chi connectivity index (χ2n) is 7.72. The fourth-order valence-corrected chi connectivity index (χ4v) is 4.31. The second-order valence-corrected chi connectivity index (χ2v) is 9.63. The average Bonchev–Trinajstić information content (AvgIpc) is 2.74. The van der Waals surface area contributed by atoms with Gasteiger partial charge in [0.2, 0.25) is 21.8 Å². The number of anilines is 1. The lowest BCUT2D eigenvalue weighted by Gasteiger charge is -2.31. The molecular weight excluding hydrogens is 430 g/mol. The molecule has 0 bridgehead atoms. The highest BCUT2D eigenvalue weighted by Crippen LogP contribution is 2.24. The molecule has 0 saturated heterocycles. The zero-order valence-electron chi connectivity index (χ0n) is 19.4. The minimum absolute atomic E-state index is 0.141. The number of sulfonamides is 1. The molecule has 1 unspecified atom stereocenters. The van der Waals surface area contributed by atoms with Crippen LogP contribution in [-0.2, 0) is 26.2 Å². The molecule has 32 heavy (non-hydrogen) atoms. The maximum atomic E-state index is 13.4. The minimum Gasteiger partial charge on any atom is -0.497 e. The molecule has 0 saturated carbocycles. The van der Waals surface area contributed by atoms with E-state index in [2.05, 4.69) is 5.32 Å². The summed E-state index contributed by atoms with van der Waals surface area (Å²) in [6.07, 6.45) is 1.07. The van der Waals surface area contributed by atoms with E-state index < -0.39 is 28.5 Å². The van der Waals surface area contributed by atoms with E-state index >= 15 is 0 Å². The van der Waals surface area contributed by atoms with Crippen LogP contribution in [0.3, 0.4) is 0 Å². The van der Waals surface area contributed by atoms with Crippen molar-refractivity contribution in [2.45, 2.75) is 33.4 Å². The summed E-state index contributed by atoms with van der Waals surface area (Å²) in [4.78, 5) is 27.1. The van der Waals surface area contributed by atoms with Gasteiger partial charge in [-0.2, -0.15) is 0 Å². The van der Waals surface area contributed by atoms with Gasteiger partial charge in [0.15, 0.2) is 0 Å². The number of methoxy groups -OCH3 is 1. The number of ether oxygens (including phenoxy) is 1. The Morgan fingerprint density at radius 3 is 2.22 bits per heavy atom. The fourth-order valence-electron chi connectivity index (χ4n) is 3.40. The number of carbonyl (C=O) groups is 2. The zero-order valence-corrected chi connectivity index (χ0v) is 20.2. The first-order valence-electron chi connectivity index (χ1n) is 10.2. The van der Waals surface area contributed by atoms with Gasteiger partial charge in [-0.1, -0.05) is 29.8 Å². The average molecular weight is 462 g/mol. The molecular formula is C23H31N3O5S. The molecule has 1 N–H and O–H groups in total. The Labute approximate surface area is 190 Å². The van der Waals surface area contributed by atoms with Crippen molar-refractivity contribution in [3.05, 3.63) is 59.2 Å². The largest absolute Gasteiger partial charge is 0.497 e. The Kier molecular flexibility index (Phi) is 8.26. The first-order valence-corrected chi connectivity index (χ1v) is 12.0. The number of rotatable bonds is 9. The maximum Gasteiger partial charge on any atom is 0.244 e. The molecule has 0 radical (unpaired) electrons. The van der Waals surface area contributed by atoms with Crippen molar-refractivity contribution < 1.29 is 22.7 Å². The smallest absolute Gasteiger partial charge is 0.244 e. The Bertz CT molecular complexity index is 1070. The van der Waals surface area contributed by atoms with Crippen LogP contribution in [0.4, 0.5) is 5.69 Å². The summed E-state index contributed by atoms with van der Waals surface area (Å²) in [5.41, 5.74) is 2.94. The predicted octanol–water partition coefficient (Wildman–Crippen LogP) is 2.24. The lowest BCUT2D eigenvalue weighted by atomic mass is 10.1. The van der Waals surface area contributed by atoms with Crippen molar-refractivity contribution in [2.75, 3.05) is 31.3 Å². The standard InChI is InChI=1S/C23H31N3O5S/c1-16-7-12-21(17(2)13-16)26(32(6,29)30)15-22(27)25(18(3)23(28)24-4)14-19-8-10-20(31-5)11-9-19/h7-13,18H,14-15H2,1-6H3,(H,24,28). The van der Waals surface area contributed by atoms with E-state index in [1.807, 2.05) is 13.0 Å². The normalized spacial score (nSPS) is 12.1. The summed E-state index contributed by atoms with van der Waals surface area (Å²) in [5, 5.41) is 2.55. The molecule has 0 aliphatic heterocycles. The Balaban J connectivity index is 2.39. The summed E-state index contributed by atoms with van der Waals surface area (Å²) < 4.78 is 31.4. The zero-order chi connectivity index (χ0) is 24.1. The number of hydrogen-bond acceptors (Lipinski definition) is 5. The van der Waals surface area contributed by atoms with Crippen LogP contribution < -0.4 is 14.4 Å². The van der Waals surface area contributed by atoms with Gasteiger partial charge >= 0.3 is 0 Å². The molecule has 9 heteroatoms. The second kappa shape index (κ2) is 10.5. The quantitative estimate of drug-likeness (QED) is 0.618. The van der Waals surface area contributed by atoms with Crippen LogP contribution >= 0.6 is 0 Å². The van der Waals surface area contributed by atoms with Gasteiger partial charge in [0.25, 0.3) is 0 Å². The number of hydrogen-bond donors (Lipinski definition) is 1. The number of aryl methyl sites for hydroxylation is 2. The number of carbonyl (C=O) groups excluding carboxylic acids is 2. The number of nitrogens with one attached hydrogen (secondary N) is 1. The van der Waals surface area contributed by atoms with E-state index in [-0.39, 0.29) is 12.5 Å². The maximum absolute atomic E-state index is 13.4. The molecule has 0 spiro atoms. The molecule has 1 atom stereocenters. The predicted molar refractivity (Wildman–Crippen MR) is 125 cm³/mol. The Morgan fingerprint density at radius 1 is 1.09 bits per heavy atom. The van der Waals surface area contributed by atoms with Crippen LogP contribution in [-0.4, -0.2) is 58.1 Å². The van der Waals surface area contributed by atoms with E-state index in [9.17, 15) is 18.0 Å². The van der Waals surface area contributed by atoms with Crippen LogP contribution in [0.1, 0.15) is 23.6 Å². The van der Waals surface area contributed by atoms with Gasteiger partial charge in [-0.05, 0) is 50.1 Å². The van der Waals surface area contributed by atoms with Gasteiger partial charge in [-0.15, -0.1) is 0 Å². The molecule has 0 fully saturated rings. The van der Waals surface area contributed by atoms with E-state index in [1.54, 1.807) is 57.4 Å². The van der Waals surface area contributed by atoms with Gasteiger partial charge in [0.05, 0.1) is 19.1 Å². The molecule has 0 aromatic heterocycles. The SMILES string of the molecule is CNC(=O)C(C)N(Cc1ccc(OC)cc1)C(=O)CN(c1ccc(C)cc1C)S(C)(=O)=O. The molecule has 0 aliphatic carbocycles. The van der Waals surface area contributed by atoms with Gasteiger partial charge in [-0.25, -0.2) is 8.42 Å². The van der Waals surface area contributed by atoms with Crippen molar-refractivity contribution in [3.8, 4) is 5.75 Å². The molecule has 0 heterocycles. The van der Waals surface area contributed by atoms with Crippen LogP contribution in [0.5, 0.6) is 5.75 Å². The molecule has 2 aromatic carbocycles. The van der Waals surface area contributed by atoms with Crippen LogP contribution in [0, 0.1) is 13.8 Å². The van der Waals surface area contributed by atoms with Gasteiger partial charge in [0, 0.05) is 13.6 Å². The summed E-state index contributed by atoms with van der Waals surface area (Å²) in [6.45, 7) is 5.05. The van der Waals surface area contributed by atoms with Crippen molar-refractivity contribution in [2.24, 2.45) is 0 Å². The Hall–Kier alpha value is -3.07. The molecule has 2 aromatic rings. The highest BCUT2D eigenvalue weighted by Gasteiger charge is 2.30. The van der Waals surface area contributed by atoms with Crippen molar-refractivity contribution in [1.82, 2.24) is 10.2 Å². The molecule has 0 aliphatic rings. The highest BCUT2D eigenvalue weighted by atomic mass is 32.2. The first-order chi connectivity index (χ1) is 15.0. The summed E-state index contributed by atoms with van der Waals surface area (Å²) in [7, 11) is -0.692. The van der Waals surface area contributed by atoms with E-state index in [0.717, 1.165) is 27.3 Å². The lowest BCUT2D eigenvalue weighted by molar-refractivity contribution is -0.139. The van der Waals surface area contributed by atoms with E-state index in [1.165, 1.54) is 11.9 Å². The minimum atomic E-state index is -3.75. The van der Waals surface area contributed by atoms with Crippen LogP contribution in [0.2, 0.25) is 0 Å². The van der Waals surface area contributed by atoms with Crippen molar-refractivity contribution in [1.29, 1.82) is 0 Å². The number of amides is 2. The van der Waals surface area contributed by atoms with Crippen molar-refractivity contribution in [3.63, 3.8) is 0 Å². The first kappa shape index (κ1) is 25.2. The van der Waals surface area contributed by atoms with E-state index in [4.69, 9.17) is 4.74 Å². The fraction of sp³-hybridized carbons (Fsp3) is 0.391. The summed E-state index contributed by atoms with van der Waals surface area (Å²) >= 11 is 0. The molecule has 8 nitrogen and oxygen atoms in total. The highest BCUT2D eigenvalue weighted by molar-refractivity contribution is 7.92. The van der Waals surface area contributed by atoms with Crippen LogP contribution in [0.25, 0.3) is 0 Å². The topological polar surface area (TPSA) is 96.0 Å². The molecule has 2 rings (SSSR count). The lowest BCUT2D eigenvalue weighted by Crippen LogP contribution is -2.50. The Morgan fingerprint density at radius 2 is 1.72 bits per heavy atom. The summed E-state index contributed by atoms with van der Waals surface area (Å²) in [5.74, 6) is -0.157. The van der Waals surface area contributed by atoms with Gasteiger partial charge in [-0.3, -0.25) is 13.9 Å². The van der Waals surface area contributed by atoms with E-state index in [0.29, 0.717) is 11.4 Å². The van der Waals surface area contributed by atoms with Gasteiger partial charge < -0.3 is 15.0 Å². The summed E-state index contributed by atoms with van der Waals surface area (Å²) in [6, 6.07) is 11.7. The third kappa shape index (κ3) is 6.23. The third-order valence-corrected chi connectivity index (χ3v) is 6.35. The van der Waals surface area contributed by atoms with Gasteiger partial charge in [0.1, 0.15) is 18.3 Å². The molecule has 2 amide bonds. The van der Waals surface area contributed by atoms with Crippen molar-refractivity contribution >= 4 is 27.5 Å². The monoisotopic (exact) mass is 461 g/mol. The third-order valence-electron chi connectivity index (χ3n) is 5.23. The van der Waals surface area contributed by atoms with Crippen LogP contribution in [0.15, 0.2) is 42.5 Å².